The first kappa shape index (κ1) is 18.5. The molecule has 0 aliphatic heterocycles. The van der Waals surface area contributed by atoms with Crippen molar-refractivity contribution in [1.29, 1.82) is 0 Å². The van der Waals surface area contributed by atoms with Crippen LogP contribution < -0.4 is 10.1 Å². The maximum absolute atomic E-state index is 11.9. The van der Waals surface area contributed by atoms with E-state index in [1.54, 1.807) is 26.0 Å². The van der Waals surface area contributed by atoms with E-state index < -0.39 is 18.2 Å². The third-order valence-electron chi connectivity index (χ3n) is 2.81. The molecule has 0 radical (unpaired) electrons. The number of ether oxygens (including phenoxy) is 2. The maximum Gasteiger partial charge on any atom is 0.347 e. The zero-order valence-corrected chi connectivity index (χ0v) is 14.8. The Morgan fingerprint density at radius 2 is 1.68 bits per heavy atom. The van der Waals surface area contributed by atoms with Crippen molar-refractivity contribution < 1.29 is 19.1 Å². The number of nitrogens with one attached hydrogen (secondary N) is 1. The molecule has 22 heavy (non-hydrogen) atoms. The lowest BCUT2D eigenvalue weighted by atomic mass is 10.2. The Hall–Kier alpha value is -1.56. The van der Waals surface area contributed by atoms with Crippen LogP contribution >= 0.6 is 15.9 Å². The van der Waals surface area contributed by atoms with Crippen LogP contribution in [-0.4, -0.2) is 30.6 Å². The number of benzene rings is 1. The average Bonchev–Trinajstić information content (AvgIpc) is 2.46. The van der Waals surface area contributed by atoms with E-state index in [9.17, 15) is 9.59 Å². The molecule has 6 heteroatoms. The van der Waals surface area contributed by atoms with Crippen LogP contribution in [-0.2, 0) is 14.3 Å². The van der Waals surface area contributed by atoms with Crippen molar-refractivity contribution in [1.82, 2.24) is 5.32 Å². The van der Waals surface area contributed by atoms with Gasteiger partial charge in [-0.3, -0.25) is 4.79 Å². The van der Waals surface area contributed by atoms with Gasteiger partial charge in [0.05, 0.1) is 0 Å². The summed E-state index contributed by atoms with van der Waals surface area (Å²) in [5.41, 5.74) is 0. The van der Waals surface area contributed by atoms with Gasteiger partial charge in [0.1, 0.15) is 5.75 Å². The summed E-state index contributed by atoms with van der Waals surface area (Å²) < 4.78 is 11.5. The molecule has 2 unspecified atom stereocenters. The highest BCUT2D eigenvalue weighted by molar-refractivity contribution is 9.10. The van der Waals surface area contributed by atoms with E-state index in [1.807, 2.05) is 26.0 Å². The summed E-state index contributed by atoms with van der Waals surface area (Å²) in [5, 5.41) is 2.72. The van der Waals surface area contributed by atoms with Gasteiger partial charge in [-0.1, -0.05) is 29.8 Å². The van der Waals surface area contributed by atoms with Crippen LogP contribution in [0.25, 0.3) is 0 Å². The molecule has 2 atom stereocenters. The molecule has 0 aliphatic carbocycles. The minimum atomic E-state index is -0.845. The topological polar surface area (TPSA) is 64.6 Å². The molecule has 1 N–H and O–H groups in total. The van der Waals surface area contributed by atoms with Crippen molar-refractivity contribution in [3.63, 3.8) is 0 Å². The predicted octanol–water partition coefficient (Wildman–Crippen LogP) is 2.92. The van der Waals surface area contributed by atoms with Crippen LogP contribution in [0.5, 0.6) is 5.75 Å². The van der Waals surface area contributed by atoms with E-state index in [-0.39, 0.29) is 5.91 Å². The molecule has 1 aromatic rings. The van der Waals surface area contributed by atoms with E-state index in [1.165, 1.54) is 0 Å². The quantitative estimate of drug-likeness (QED) is 0.748. The summed E-state index contributed by atoms with van der Waals surface area (Å²) in [5.74, 6) is 0.0177. The van der Waals surface area contributed by atoms with Gasteiger partial charge in [0, 0.05) is 11.0 Å². The van der Waals surface area contributed by atoms with Crippen molar-refractivity contribution >= 4 is 27.8 Å². The molecule has 0 saturated heterocycles. The van der Waals surface area contributed by atoms with Gasteiger partial charge in [-0.2, -0.15) is 0 Å². The molecular weight excluding hydrogens is 350 g/mol. The van der Waals surface area contributed by atoms with Crippen LogP contribution in [0.1, 0.15) is 27.7 Å². The summed E-state index contributed by atoms with van der Waals surface area (Å²) in [6, 6.07) is 7.12. The van der Waals surface area contributed by atoms with Crippen molar-refractivity contribution in [2.75, 3.05) is 6.54 Å². The number of halogens is 1. The van der Waals surface area contributed by atoms with Crippen LogP contribution in [0.3, 0.4) is 0 Å². The fourth-order valence-corrected chi connectivity index (χ4v) is 1.80. The van der Waals surface area contributed by atoms with Crippen molar-refractivity contribution in [2.24, 2.45) is 5.92 Å². The van der Waals surface area contributed by atoms with Gasteiger partial charge >= 0.3 is 5.97 Å². The highest BCUT2D eigenvalue weighted by Gasteiger charge is 2.23. The van der Waals surface area contributed by atoms with E-state index in [2.05, 4.69) is 21.2 Å². The fourth-order valence-electron chi connectivity index (χ4n) is 1.54. The zero-order chi connectivity index (χ0) is 16.7. The normalized spacial score (nSPS) is 13.4. The second-order valence-corrected chi connectivity index (χ2v) is 6.35. The third kappa shape index (κ3) is 6.47. The largest absolute Gasteiger partial charge is 0.479 e. The zero-order valence-electron chi connectivity index (χ0n) is 13.3. The van der Waals surface area contributed by atoms with Crippen LogP contribution in [0.15, 0.2) is 28.7 Å². The number of hydrogen-bond donors (Lipinski definition) is 1. The Balaban J connectivity index is 2.46. The molecule has 0 spiro atoms. The number of carbonyl (C=O) groups is 2. The lowest BCUT2D eigenvalue weighted by Gasteiger charge is -2.18. The molecule has 0 fully saturated rings. The monoisotopic (exact) mass is 371 g/mol. The Labute approximate surface area is 139 Å². The van der Waals surface area contributed by atoms with Gasteiger partial charge in [-0.05, 0) is 44.0 Å². The predicted molar refractivity (Wildman–Crippen MR) is 87.6 cm³/mol. The molecule has 1 aromatic carbocycles. The number of amides is 1. The highest BCUT2D eigenvalue weighted by Crippen LogP contribution is 2.17. The number of rotatable bonds is 7. The van der Waals surface area contributed by atoms with Crippen molar-refractivity contribution in [3.05, 3.63) is 28.7 Å². The standard InChI is InChI=1S/C16H22BrNO4/c1-10(2)9-18-15(19)11(3)22-16(20)12(4)21-14-7-5-13(17)6-8-14/h5-8,10-12H,9H2,1-4H3,(H,18,19). The SMILES string of the molecule is CC(C)CNC(=O)C(C)OC(=O)C(C)Oc1ccc(Br)cc1. The van der Waals surface area contributed by atoms with Crippen LogP contribution in [0.2, 0.25) is 0 Å². The third-order valence-corrected chi connectivity index (χ3v) is 3.33. The van der Waals surface area contributed by atoms with Gasteiger partial charge in [0.25, 0.3) is 5.91 Å². The Kier molecular flexibility index (Phi) is 7.38. The highest BCUT2D eigenvalue weighted by atomic mass is 79.9. The lowest BCUT2D eigenvalue weighted by molar-refractivity contribution is -0.160. The molecular formula is C16H22BrNO4. The first-order chi connectivity index (χ1) is 10.3. The van der Waals surface area contributed by atoms with E-state index in [0.29, 0.717) is 18.2 Å². The van der Waals surface area contributed by atoms with E-state index >= 15 is 0 Å². The molecule has 0 aliphatic rings. The first-order valence-electron chi connectivity index (χ1n) is 7.20. The average molecular weight is 372 g/mol. The minimum absolute atomic E-state index is 0.308. The van der Waals surface area contributed by atoms with Gasteiger partial charge in [0.15, 0.2) is 12.2 Å². The summed E-state index contributed by atoms with van der Waals surface area (Å²) in [6.07, 6.45) is -1.64. The summed E-state index contributed by atoms with van der Waals surface area (Å²) in [7, 11) is 0. The molecule has 0 saturated carbocycles. The smallest absolute Gasteiger partial charge is 0.347 e. The molecule has 0 heterocycles. The van der Waals surface area contributed by atoms with E-state index in [4.69, 9.17) is 9.47 Å². The Bertz CT molecular complexity index is 501. The van der Waals surface area contributed by atoms with Gasteiger partial charge in [-0.15, -0.1) is 0 Å². The molecule has 1 amide bonds. The number of esters is 1. The maximum atomic E-state index is 11.9. The molecule has 1 rings (SSSR count). The van der Waals surface area contributed by atoms with E-state index in [0.717, 1.165) is 4.47 Å². The first-order valence-corrected chi connectivity index (χ1v) is 7.99. The van der Waals surface area contributed by atoms with Crippen LogP contribution in [0.4, 0.5) is 0 Å². The Morgan fingerprint density at radius 3 is 2.23 bits per heavy atom. The van der Waals surface area contributed by atoms with Crippen LogP contribution in [0, 0.1) is 5.92 Å². The van der Waals surface area contributed by atoms with Gasteiger partial charge in [0.2, 0.25) is 0 Å². The van der Waals surface area contributed by atoms with Gasteiger partial charge in [-0.25, -0.2) is 4.79 Å². The second-order valence-electron chi connectivity index (χ2n) is 5.43. The molecule has 122 valence electrons. The Morgan fingerprint density at radius 1 is 1.09 bits per heavy atom. The van der Waals surface area contributed by atoms with Crippen molar-refractivity contribution in [3.8, 4) is 5.75 Å². The minimum Gasteiger partial charge on any atom is -0.479 e. The molecule has 0 aromatic heterocycles. The lowest BCUT2D eigenvalue weighted by Crippen LogP contribution is -2.40. The van der Waals surface area contributed by atoms with Crippen molar-refractivity contribution in [2.45, 2.75) is 39.9 Å². The molecule has 0 bridgehead atoms. The number of hydrogen-bond acceptors (Lipinski definition) is 4. The summed E-state index contributed by atoms with van der Waals surface area (Å²) in [4.78, 5) is 23.7. The fraction of sp³-hybridized carbons (Fsp3) is 0.500. The molecule has 5 nitrogen and oxygen atoms in total. The van der Waals surface area contributed by atoms with Gasteiger partial charge < -0.3 is 14.8 Å². The second kappa shape index (κ2) is 8.78. The summed E-state index contributed by atoms with van der Waals surface area (Å²) in [6.45, 7) is 7.66. The summed E-state index contributed by atoms with van der Waals surface area (Å²) >= 11 is 3.32. The number of carbonyl (C=O) groups excluding carboxylic acids is 2.